The summed E-state index contributed by atoms with van der Waals surface area (Å²) in [5.74, 6) is 0.884. The number of aliphatic hydroxyl groups is 3. The summed E-state index contributed by atoms with van der Waals surface area (Å²) in [6.07, 6.45) is -1.10. The molecule has 0 spiro atoms. The molecule has 2 aromatic rings. The minimum Gasteiger partial charge on any atom is -0.394 e. The molecule has 0 aromatic carbocycles. The third-order valence-corrected chi connectivity index (χ3v) is 4.22. The summed E-state index contributed by atoms with van der Waals surface area (Å²) >= 11 is 0. The number of anilines is 1. The summed E-state index contributed by atoms with van der Waals surface area (Å²) in [6, 6.07) is 0. The Labute approximate surface area is 130 Å². The molecule has 122 valence electrons. The van der Waals surface area contributed by atoms with E-state index in [-0.39, 0.29) is 0 Å². The number of hydrazone groups is 1. The number of hydrogen-bond donors (Lipinski definition) is 4. The van der Waals surface area contributed by atoms with Gasteiger partial charge in [-0.15, -0.1) is 0 Å². The van der Waals surface area contributed by atoms with Gasteiger partial charge in [0.25, 0.3) is 0 Å². The van der Waals surface area contributed by atoms with E-state index in [0.717, 1.165) is 0 Å². The van der Waals surface area contributed by atoms with Crippen LogP contribution in [0.15, 0.2) is 17.6 Å². The lowest BCUT2D eigenvalue weighted by Crippen LogP contribution is -2.33. The van der Waals surface area contributed by atoms with Gasteiger partial charge in [0.05, 0.1) is 12.0 Å². The number of nitrogens with zero attached hydrogens (tertiary/aromatic N) is 5. The van der Waals surface area contributed by atoms with E-state index in [1.165, 1.54) is 6.33 Å². The number of ether oxygens (including phenoxy) is 1. The van der Waals surface area contributed by atoms with Gasteiger partial charge >= 0.3 is 0 Å². The Kier molecular flexibility index (Phi) is 3.03. The molecule has 4 heterocycles. The van der Waals surface area contributed by atoms with E-state index in [9.17, 15) is 15.3 Å². The van der Waals surface area contributed by atoms with Gasteiger partial charge in [-0.3, -0.25) is 0 Å². The van der Waals surface area contributed by atoms with Crippen molar-refractivity contribution in [2.24, 2.45) is 10.8 Å². The number of aliphatic hydroxyl groups excluding tert-OH is 3. The van der Waals surface area contributed by atoms with E-state index in [1.54, 1.807) is 22.8 Å². The maximum Gasteiger partial charge on any atom is 0.164 e. The van der Waals surface area contributed by atoms with E-state index in [4.69, 9.17) is 10.5 Å². The van der Waals surface area contributed by atoms with Crippen molar-refractivity contribution < 1.29 is 20.1 Å². The summed E-state index contributed by atoms with van der Waals surface area (Å²) < 4.78 is 7.15. The molecule has 0 saturated carbocycles. The normalized spacial score (nSPS) is 30.1. The van der Waals surface area contributed by atoms with Crippen LogP contribution in [-0.2, 0) is 4.74 Å². The molecular formula is C13H16N6O4. The Balaban J connectivity index is 1.89. The Morgan fingerprint density at radius 2 is 2.09 bits per heavy atom. The fraction of sp³-hybridized carbons (Fsp3) is 0.462. The van der Waals surface area contributed by atoms with Crippen LogP contribution in [0.25, 0.3) is 11.0 Å². The zero-order valence-corrected chi connectivity index (χ0v) is 12.2. The van der Waals surface area contributed by atoms with Gasteiger partial charge in [-0.25, -0.2) is 15.0 Å². The minimum absolute atomic E-state index is 0.297. The second-order valence-corrected chi connectivity index (χ2v) is 5.58. The van der Waals surface area contributed by atoms with Crippen LogP contribution < -0.4 is 10.7 Å². The van der Waals surface area contributed by atoms with Crippen molar-refractivity contribution >= 4 is 22.7 Å². The zero-order chi connectivity index (χ0) is 16.3. The monoisotopic (exact) mass is 320 g/mol. The van der Waals surface area contributed by atoms with Gasteiger partial charge in [0.1, 0.15) is 30.3 Å². The van der Waals surface area contributed by atoms with Crippen LogP contribution in [0, 0.1) is 0 Å². The van der Waals surface area contributed by atoms with Crippen LogP contribution in [0.2, 0.25) is 0 Å². The molecule has 10 nitrogen and oxygen atoms in total. The van der Waals surface area contributed by atoms with E-state index in [1.807, 2.05) is 0 Å². The van der Waals surface area contributed by atoms with Crippen molar-refractivity contribution in [2.75, 3.05) is 18.7 Å². The van der Waals surface area contributed by atoms with Crippen LogP contribution in [0.3, 0.4) is 0 Å². The summed E-state index contributed by atoms with van der Waals surface area (Å²) in [5.41, 5.74) is 7.10. The van der Waals surface area contributed by atoms with Crippen molar-refractivity contribution in [3.05, 3.63) is 18.1 Å². The lowest BCUT2D eigenvalue weighted by molar-refractivity contribution is -0.0508. The molecular weight excluding hydrogens is 304 g/mol. The molecule has 1 saturated heterocycles. The molecule has 5 N–H and O–H groups in total. The van der Waals surface area contributed by atoms with Gasteiger partial charge in [0, 0.05) is 18.8 Å². The van der Waals surface area contributed by atoms with Crippen molar-refractivity contribution in [3.8, 4) is 0 Å². The SMILES string of the molecule is CN1N=C(N)c2cn([C@H]3O[C@@H](CO)[C@@H](O)[C@H]3O)c3ncnc1c23. The highest BCUT2D eigenvalue weighted by Crippen LogP contribution is 2.36. The summed E-state index contributed by atoms with van der Waals surface area (Å²) in [7, 11) is 1.72. The predicted octanol–water partition coefficient (Wildman–Crippen LogP) is -1.89. The first kappa shape index (κ1) is 14.3. The predicted molar refractivity (Wildman–Crippen MR) is 79.7 cm³/mol. The molecule has 2 aliphatic rings. The van der Waals surface area contributed by atoms with Crippen LogP contribution in [0.4, 0.5) is 5.82 Å². The van der Waals surface area contributed by atoms with E-state index in [0.29, 0.717) is 28.3 Å². The molecule has 0 radical (unpaired) electrons. The first-order valence-corrected chi connectivity index (χ1v) is 7.09. The Morgan fingerprint density at radius 1 is 1.30 bits per heavy atom. The van der Waals surface area contributed by atoms with Crippen LogP contribution >= 0.6 is 0 Å². The molecule has 23 heavy (non-hydrogen) atoms. The molecule has 0 unspecified atom stereocenters. The van der Waals surface area contributed by atoms with Gasteiger partial charge in [0.15, 0.2) is 17.9 Å². The van der Waals surface area contributed by atoms with E-state index >= 15 is 0 Å². The molecule has 10 heteroatoms. The van der Waals surface area contributed by atoms with E-state index in [2.05, 4.69) is 15.1 Å². The number of rotatable bonds is 2. The zero-order valence-electron chi connectivity index (χ0n) is 12.2. The maximum atomic E-state index is 10.2. The molecule has 4 atom stereocenters. The summed E-state index contributed by atoms with van der Waals surface area (Å²) in [5, 5.41) is 35.9. The van der Waals surface area contributed by atoms with Crippen LogP contribution in [-0.4, -0.2) is 67.7 Å². The quantitative estimate of drug-likeness (QED) is 0.503. The number of hydrogen-bond acceptors (Lipinski definition) is 9. The third-order valence-electron chi connectivity index (χ3n) is 4.22. The largest absolute Gasteiger partial charge is 0.394 e. The fourth-order valence-electron chi connectivity index (χ4n) is 3.07. The summed E-state index contributed by atoms with van der Waals surface area (Å²) in [4.78, 5) is 8.45. The second-order valence-electron chi connectivity index (χ2n) is 5.58. The van der Waals surface area contributed by atoms with Crippen molar-refractivity contribution in [1.82, 2.24) is 14.5 Å². The Morgan fingerprint density at radius 3 is 2.78 bits per heavy atom. The summed E-state index contributed by atoms with van der Waals surface area (Å²) in [6.45, 7) is -0.395. The third kappa shape index (κ3) is 1.86. The molecule has 0 amide bonds. The van der Waals surface area contributed by atoms with E-state index < -0.39 is 31.1 Å². The van der Waals surface area contributed by atoms with Gasteiger partial charge in [-0.05, 0) is 0 Å². The van der Waals surface area contributed by atoms with Gasteiger partial charge in [-0.2, -0.15) is 5.10 Å². The molecule has 2 aromatic heterocycles. The molecule has 1 fully saturated rings. The minimum atomic E-state index is -1.20. The van der Waals surface area contributed by atoms with Gasteiger partial charge in [-0.1, -0.05) is 0 Å². The Bertz CT molecular complexity index is 805. The average Bonchev–Trinajstić information content (AvgIpc) is 3.05. The van der Waals surface area contributed by atoms with Crippen LogP contribution in [0.5, 0.6) is 0 Å². The lowest BCUT2D eigenvalue weighted by Gasteiger charge is -2.19. The smallest absolute Gasteiger partial charge is 0.164 e. The fourth-order valence-corrected chi connectivity index (χ4v) is 3.07. The topological polar surface area (TPSA) is 142 Å². The average molecular weight is 320 g/mol. The molecule has 0 bridgehead atoms. The van der Waals surface area contributed by atoms with Crippen LogP contribution in [0.1, 0.15) is 11.8 Å². The van der Waals surface area contributed by atoms with Gasteiger partial charge in [0.2, 0.25) is 0 Å². The number of aromatic nitrogens is 3. The highest BCUT2D eigenvalue weighted by atomic mass is 16.6. The van der Waals surface area contributed by atoms with Crippen molar-refractivity contribution in [1.29, 1.82) is 0 Å². The highest BCUT2D eigenvalue weighted by molar-refractivity contribution is 6.13. The first-order chi connectivity index (χ1) is 11.0. The number of amidine groups is 1. The Hall–Kier alpha value is -2.27. The standard InChI is InChI=1S/C13H16N6O4/c1-18-11-7-5(10(14)17-18)2-19(12(7)16-4-15-11)13-9(22)8(21)6(3-20)23-13/h2,4,6,8-9,13,20-22H,3H2,1H3,(H2,14,17)/t6-,8+,9+,13-/m0/s1. The lowest BCUT2D eigenvalue weighted by atomic mass is 10.1. The molecule has 0 aliphatic carbocycles. The molecule has 4 rings (SSSR count). The highest BCUT2D eigenvalue weighted by Gasteiger charge is 2.44. The van der Waals surface area contributed by atoms with Crippen molar-refractivity contribution in [2.45, 2.75) is 24.5 Å². The van der Waals surface area contributed by atoms with Crippen molar-refractivity contribution in [3.63, 3.8) is 0 Å². The second kappa shape index (κ2) is 4.86. The first-order valence-electron chi connectivity index (χ1n) is 7.09. The molecule has 2 aliphatic heterocycles. The number of nitrogens with two attached hydrogens (primary N) is 1. The maximum absolute atomic E-state index is 10.2. The van der Waals surface area contributed by atoms with Gasteiger partial charge < -0.3 is 30.4 Å².